The lowest BCUT2D eigenvalue weighted by Gasteiger charge is -2.14. The topological polar surface area (TPSA) is 34.9 Å². The van der Waals surface area contributed by atoms with Crippen molar-refractivity contribution in [1.29, 1.82) is 0 Å². The third-order valence-electron chi connectivity index (χ3n) is 3.58. The van der Waals surface area contributed by atoms with E-state index in [0.717, 1.165) is 38.8 Å². The van der Waals surface area contributed by atoms with E-state index in [0.29, 0.717) is 22.0 Å². The highest BCUT2D eigenvalue weighted by molar-refractivity contribution is 14.1. The smallest absolute Gasteiger partial charge is 0.147 e. The molecule has 1 aromatic heterocycles. The predicted octanol–water partition coefficient (Wildman–Crippen LogP) is 4.44. The maximum absolute atomic E-state index is 11.1. The number of aromatic nitrogens is 2. The molecule has 1 heterocycles. The Kier molecular flexibility index (Phi) is 4.12. The van der Waals surface area contributed by atoms with Gasteiger partial charge in [0.25, 0.3) is 0 Å². The van der Waals surface area contributed by atoms with Crippen molar-refractivity contribution in [1.82, 2.24) is 9.78 Å². The van der Waals surface area contributed by atoms with Crippen LogP contribution in [0, 0.1) is 3.57 Å². The molecule has 0 spiro atoms. The number of nitrogens with zero attached hydrogens (tertiary/aromatic N) is 2. The van der Waals surface area contributed by atoms with Crippen LogP contribution in [0.4, 0.5) is 0 Å². The van der Waals surface area contributed by atoms with Crippen LogP contribution in [0.5, 0.6) is 0 Å². The number of hydrogen-bond acceptors (Lipinski definition) is 2. The number of allylic oxidation sites excluding steroid dienone is 1. The van der Waals surface area contributed by atoms with Gasteiger partial charge in [-0.15, -0.1) is 0 Å². The van der Waals surface area contributed by atoms with E-state index < -0.39 is 0 Å². The summed E-state index contributed by atoms with van der Waals surface area (Å²) in [7, 11) is 1.87. The van der Waals surface area contributed by atoms with Gasteiger partial charge >= 0.3 is 0 Å². The lowest BCUT2D eigenvalue weighted by Crippen LogP contribution is -2.02. The van der Waals surface area contributed by atoms with Gasteiger partial charge in [-0.3, -0.25) is 9.48 Å². The van der Waals surface area contributed by atoms with Crippen LogP contribution in [0.25, 0.3) is 16.3 Å². The Morgan fingerprint density at radius 3 is 2.76 bits per heavy atom. The second kappa shape index (κ2) is 5.74. The van der Waals surface area contributed by atoms with Gasteiger partial charge in [-0.1, -0.05) is 29.3 Å². The van der Waals surface area contributed by atoms with Gasteiger partial charge < -0.3 is 0 Å². The van der Waals surface area contributed by atoms with E-state index in [2.05, 4.69) is 27.7 Å². The van der Waals surface area contributed by atoms with Crippen molar-refractivity contribution >= 4 is 57.1 Å². The standard InChI is InChI=1S/C15H11Cl2IN2O/c1-20-15(10-4-3-9(18)6-11(10)16)13-12(19-20)5-2-8(7-21)14(13)17/h3-4,6-7H,2,5H2,1H3. The normalized spacial score (nSPS) is 14.3. The Labute approximate surface area is 146 Å². The molecule has 0 amide bonds. The van der Waals surface area contributed by atoms with E-state index >= 15 is 0 Å². The molecule has 6 heteroatoms. The fourth-order valence-corrected chi connectivity index (χ4v) is 3.89. The Hall–Kier alpha value is -0.850. The monoisotopic (exact) mass is 432 g/mol. The minimum atomic E-state index is 0.490. The van der Waals surface area contributed by atoms with Crippen molar-refractivity contribution in [3.8, 4) is 11.3 Å². The summed E-state index contributed by atoms with van der Waals surface area (Å²) in [6, 6.07) is 5.85. The fraction of sp³-hybridized carbons (Fsp3) is 0.200. The number of carbonyl (C=O) groups is 1. The first-order valence-corrected chi connectivity index (χ1v) is 8.22. The molecular weight excluding hydrogens is 422 g/mol. The van der Waals surface area contributed by atoms with E-state index in [1.54, 1.807) is 4.68 Å². The number of aryl methyl sites for hydroxylation is 2. The SMILES string of the molecule is Cn1nc2c(c1-c1ccc(I)cc1Cl)C(Cl)=C(C=O)CC2. The molecular formula is C15H11Cl2IN2O. The molecule has 2 aromatic rings. The summed E-state index contributed by atoms with van der Waals surface area (Å²) >= 11 is 15.0. The van der Waals surface area contributed by atoms with Crippen LogP contribution < -0.4 is 0 Å². The third kappa shape index (κ3) is 2.53. The summed E-state index contributed by atoms with van der Waals surface area (Å²) in [4.78, 5) is 11.1. The van der Waals surface area contributed by atoms with E-state index in [1.165, 1.54) is 0 Å². The van der Waals surface area contributed by atoms with Crippen molar-refractivity contribution < 1.29 is 4.79 Å². The minimum absolute atomic E-state index is 0.490. The van der Waals surface area contributed by atoms with Gasteiger partial charge in [0, 0.05) is 27.3 Å². The molecule has 0 radical (unpaired) electrons. The molecule has 0 saturated heterocycles. The van der Waals surface area contributed by atoms with Gasteiger partial charge in [0.05, 0.1) is 21.4 Å². The number of halogens is 3. The van der Waals surface area contributed by atoms with Gasteiger partial charge in [-0.2, -0.15) is 5.10 Å². The average molecular weight is 433 g/mol. The van der Waals surface area contributed by atoms with Crippen LogP contribution in [0.3, 0.4) is 0 Å². The van der Waals surface area contributed by atoms with Crippen LogP contribution in [0.1, 0.15) is 17.7 Å². The molecule has 0 unspecified atom stereocenters. The molecule has 0 saturated carbocycles. The Morgan fingerprint density at radius 2 is 2.10 bits per heavy atom. The van der Waals surface area contributed by atoms with Crippen molar-refractivity contribution in [2.24, 2.45) is 7.05 Å². The van der Waals surface area contributed by atoms with E-state index in [4.69, 9.17) is 23.2 Å². The third-order valence-corrected chi connectivity index (χ3v) is 5.00. The number of aldehydes is 1. The van der Waals surface area contributed by atoms with Gasteiger partial charge in [0.15, 0.2) is 0 Å². The van der Waals surface area contributed by atoms with Crippen molar-refractivity contribution in [3.63, 3.8) is 0 Å². The zero-order valence-corrected chi connectivity index (χ0v) is 14.8. The predicted molar refractivity (Wildman–Crippen MR) is 93.5 cm³/mol. The summed E-state index contributed by atoms with van der Waals surface area (Å²) in [6.45, 7) is 0. The molecule has 21 heavy (non-hydrogen) atoms. The van der Waals surface area contributed by atoms with E-state index in [1.807, 2.05) is 25.2 Å². The Balaban J connectivity index is 2.29. The highest BCUT2D eigenvalue weighted by atomic mass is 127. The van der Waals surface area contributed by atoms with Crippen LogP contribution in [0.15, 0.2) is 23.8 Å². The molecule has 108 valence electrons. The van der Waals surface area contributed by atoms with E-state index in [9.17, 15) is 4.79 Å². The average Bonchev–Trinajstić information content (AvgIpc) is 2.77. The Bertz CT molecular complexity index is 780. The second-order valence-corrected chi connectivity index (χ2v) is 6.91. The van der Waals surface area contributed by atoms with Crippen LogP contribution in [-0.2, 0) is 18.3 Å². The molecule has 3 nitrogen and oxygen atoms in total. The number of hydrogen-bond donors (Lipinski definition) is 0. The zero-order valence-electron chi connectivity index (χ0n) is 11.2. The Morgan fingerprint density at radius 1 is 1.33 bits per heavy atom. The zero-order chi connectivity index (χ0) is 15.1. The van der Waals surface area contributed by atoms with Crippen molar-refractivity contribution in [3.05, 3.63) is 43.6 Å². The number of benzene rings is 1. The van der Waals surface area contributed by atoms with Crippen LogP contribution >= 0.6 is 45.8 Å². The summed E-state index contributed by atoms with van der Waals surface area (Å²) in [6.07, 6.45) is 2.18. The summed E-state index contributed by atoms with van der Waals surface area (Å²) < 4.78 is 2.85. The maximum Gasteiger partial charge on any atom is 0.147 e. The minimum Gasteiger partial charge on any atom is -0.298 e. The van der Waals surface area contributed by atoms with Gasteiger partial charge in [0.2, 0.25) is 0 Å². The van der Waals surface area contributed by atoms with E-state index in [-0.39, 0.29) is 0 Å². The molecule has 0 N–H and O–H groups in total. The molecule has 0 bridgehead atoms. The highest BCUT2D eigenvalue weighted by Crippen LogP contribution is 2.41. The lowest BCUT2D eigenvalue weighted by molar-refractivity contribution is -0.105. The first-order valence-electron chi connectivity index (χ1n) is 6.38. The highest BCUT2D eigenvalue weighted by Gasteiger charge is 2.26. The number of fused-ring (bicyclic) bond motifs is 1. The van der Waals surface area contributed by atoms with Crippen molar-refractivity contribution in [2.45, 2.75) is 12.8 Å². The number of rotatable bonds is 2. The first kappa shape index (κ1) is 15.1. The first-order chi connectivity index (χ1) is 10.0. The largest absolute Gasteiger partial charge is 0.298 e. The molecule has 1 aliphatic carbocycles. The molecule has 1 aromatic carbocycles. The molecule has 0 fully saturated rings. The second-order valence-electron chi connectivity index (χ2n) is 4.88. The fourth-order valence-electron chi connectivity index (χ4n) is 2.61. The van der Waals surface area contributed by atoms with Crippen molar-refractivity contribution in [2.75, 3.05) is 0 Å². The van der Waals surface area contributed by atoms with Crippen LogP contribution in [-0.4, -0.2) is 16.1 Å². The summed E-state index contributed by atoms with van der Waals surface area (Å²) in [5, 5.41) is 5.67. The number of carbonyl (C=O) groups excluding carboxylic acids is 1. The molecule has 0 aliphatic heterocycles. The van der Waals surface area contributed by atoms with Gasteiger partial charge in [-0.25, -0.2) is 0 Å². The maximum atomic E-state index is 11.1. The van der Waals surface area contributed by atoms with Gasteiger partial charge in [-0.05, 0) is 47.6 Å². The van der Waals surface area contributed by atoms with Crippen LogP contribution in [0.2, 0.25) is 5.02 Å². The lowest BCUT2D eigenvalue weighted by atomic mass is 9.94. The molecule has 1 aliphatic rings. The summed E-state index contributed by atoms with van der Waals surface area (Å²) in [5.74, 6) is 0. The molecule has 3 rings (SSSR count). The molecule has 0 atom stereocenters. The quantitative estimate of drug-likeness (QED) is 0.519. The van der Waals surface area contributed by atoms with Gasteiger partial charge in [0.1, 0.15) is 6.29 Å². The summed E-state index contributed by atoms with van der Waals surface area (Å²) in [5.41, 5.74) is 4.10.